The number of hydrogen-bond donors (Lipinski definition) is 2. The molecule has 0 aliphatic heterocycles. The van der Waals surface area contributed by atoms with E-state index in [1.165, 1.54) is 12.1 Å². The molecule has 0 aliphatic rings. The Bertz CT molecular complexity index is 901. The lowest BCUT2D eigenvalue weighted by Gasteiger charge is -2.09. The molecule has 0 spiro atoms. The van der Waals surface area contributed by atoms with E-state index in [0.29, 0.717) is 0 Å². The van der Waals surface area contributed by atoms with Crippen LogP contribution in [0.15, 0.2) is 40.9 Å². The molecular weight excluding hydrogens is 359 g/mol. The minimum absolute atomic E-state index is 0.122. The highest BCUT2D eigenvalue weighted by Crippen LogP contribution is 2.25. The number of fused-ring (bicyclic) bond motifs is 1. The van der Waals surface area contributed by atoms with Crippen LogP contribution >= 0.6 is 15.9 Å². The summed E-state index contributed by atoms with van der Waals surface area (Å²) in [5, 5.41) is 3.67. The zero-order valence-electron chi connectivity index (χ0n) is 12.8. The SMILES string of the molecule is Cc1cc(Br)ccc1NC(=O)Cc1c(C)[nH]c2ccc(F)cc12. The molecule has 118 valence electrons. The van der Waals surface area contributed by atoms with Crippen molar-refractivity contribution in [3.8, 4) is 0 Å². The van der Waals surface area contributed by atoms with Crippen LogP contribution < -0.4 is 5.32 Å². The number of rotatable bonds is 3. The van der Waals surface area contributed by atoms with Crippen LogP contribution in [0.4, 0.5) is 10.1 Å². The van der Waals surface area contributed by atoms with Gasteiger partial charge in [0.25, 0.3) is 0 Å². The van der Waals surface area contributed by atoms with Crippen molar-refractivity contribution in [3.63, 3.8) is 0 Å². The van der Waals surface area contributed by atoms with Gasteiger partial charge in [0.05, 0.1) is 6.42 Å². The maximum absolute atomic E-state index is 13.5. The van der Waals surface area contributed by atoms with E-state index >= 15 is 0 Å². The number of carbonyl (C=O) groups excluding carboxylic acids is 1. The summed E-state index contributed by atoms with van der Waals surface area (Å²) in [6.45, 7) is 3.83. The van der Waals surface area contributed by atoms with E-state index in [4.69, 9.17) is 0 Å². The lowest BCUT2D eigenvalue weighted by atomic mass is 10.1. The number of aromatic nitrogens is 1. The predicted molar refractivity (Wildman–Crippen MR) is 94.2 cm³/mol. The van der Waals surface area contributed by atoms with E-state index in [0.717, 1.165) is 37.9 Å². The molecule has 0 saturated carbocycles. The van der Waals surface area contributed by atoms with E-state index in [1.807, 2.05) is 32.0 Å². The lowest BCUT2D eigenvalue weighted by molar-refractivity contribution is -0.115. The van der Waals surface area contributed by atoms with Gasteiger partial charge in [0.15, 0.2) is 0 Å². The normalized spacial score (nSPS) is 11.0. The van der Waals surface area contributed by atoms with E-state index in [-0.39, 0.29) is 18.1 Å². The minimum Gasteiger partial charge on any atom is -0.358 e. The van der Waals surface area contributed by atoms with E-state index in [2.05, 4.69) is 26.2 Å². The van der Waals surface area contributed by atoms with Crippen molar-refractivity contribution in [2.24, 2.45) is 0 Å². The fourth-order valence-electron chi connectivity index (χ4n) is 2.70. The summed E-state index contributed by atoms with van der Waals surface area (Å²) in [6.07, 6.45) is 0.199. The van der Waals surface area contributed by atoms with Crippen LogP contribution in [0.25, 0.3) is 10.9 Å². The maximum atomic E-state index is 13.5. The van der Waals surface area contributed by atoms with Crippen molar-refractivity contribution < 1.29 is 9.18 Å². The Kier molecular flexibility index (Phi) is 4.22. The summed E-state index contributed by atoms with van der Waals surface area (Å²) < 4.78 is 14.5. The highest BCUT2D eigenvalue weighted by Gasteiger charge is 2.14. The molecule has 3 nitrogen and oxygen atoms in total. The zero-order valence-corrected chi connectivity index (χ0v) is 14.4. The third-order valence-electron chi connectivity index (χ3n) is 3.88. The molecule has 0 unspecified atom stereocenters. The van der Waals surface area contributed by atoms with E-state index < -0.39 is 0 Å². The first kappa shape index (κ1) is 15.7. The van der Waals surface area contributed by atoms with Gasteiger partial charge in [-0.05, 0) is 61.4 Å². The minimum atomic E-state index is -0.304. The highest BCUT2D eigenvalue weighted by molar-refractivity contribution is 9.10. The van der Waals surface area contributed by atoms with E-state index in [1.54, 1.807) is 6.07 Å². The van der Waals surface area contributed by atoms with Crippen LogP contribution in [-0.4, -0.2) is 10.9 Å². The first-order valence-corrected chi connectivity index (χ1v) is 8.06. The predicted octanol–water partition coefficient (Wildman–Crippen LogP) is 4.87. The number of anilines is 1. The molecule has 3 aromatic rings. The Balaban J connectivity index is 1.85. The van der Waals surface area contributed by atoms with Crippen LogP contribution in [0.3, 0.4) is 0 Å². The van der Waals surface area contributed by atoms with Gasteiger partial charge < -0.3 is 10.3 Å². The number of benzene rings is 2. The molecule has 1 aromatic heterocycles. The van der Waals surface area contributed by atoms with Gasteiger partial charge in [0, 0.05) is 26.8 Å². The molecule has 2 aromatic carbocycles. The van der Waals surface area contributed by atoms with Crippen molar-refractivity contribution in [1.82, 2.24) is 4.98 Å². The number of amides is 1. The number of aryl methyl sites for hydroxylation is 2. The van der Waals surface area contributed by atoms with Gasteiger partial charge in [0.1, 0.15) is 5.82 Å². The third-order valence-corrected chi connectivity index (χ3v) is 4.37. The molecule has 0 atom stereocenters. The summed E-state index contributed by atoms with van der Waals surface area (Å²) in [5.74, 6) is -0.425. The number of hydrogen-bond acceptors (Lipinski definition) is 1. The molecule has 3 rings (SSSR count). The number of carbonyl (C=O) groups is 1. The van der Waals surface area contributed by atoms with Gasteiger partial charge >= 0.3 is 0 Å². The number of H-pyrrole nitrogens is 1. The largest absolute Gasteiger partial charge is 0.358 e. The standard InChI is InChI=1S/C18H16BrFN2O/c1-10-7-12(19)3-5-16(10)22-18(23)9-14-11(2)21-17-6-4-13(20)8-15(14)17/h3-8,21H,9H2,1-2H3,(H,22,23). The summed E-state index contributed by atoms with van der Waals surface area (Å²) in [6, 6.07) is 10.3. The molecule has 0 aliphatic carbocycles. The third kappa shape index (κ3) is 3.29. The first-order chi connectivity index (χ1) is 10.9. The maximum Gasteiger partial charge on any atom is 0.228 e. The second-order valence-corrected chi connectivity index (χ2v) is 6.52. The summed E-state index contributed by atoms with van der Waals surface area (Å²) in [5.41, 5.74) is 4.31. The van der Waals surface area contributed by atoms with Gasteiger partial charge in [0.2, 0.25) is 5.91 Å². The van der Waals surface area contributed by atoms with Crippen LogP contribution in [0.5, 0.6) is 0 Å². The number of halogens is 2. The van der Waals surface area contributed by atoms with Gasteiger partial charge in [-0.2, -0.15) is 0 Å². The summed E-state index contributed by atoms with van der Waals surface area (Å²) in [7, 11) is 0. The second kappa shape index (κ2) is 6.16. The van der Waals surface area contributed by atoms with Crippen molar-refractivity contribution >= 4 is 38.4 Å². The van der Waals surface area contributed by atoms with Crippen molar-refractivity contribution in [3.05, 3.63) is 63.5 Å². The molecule has 23 heavy (non-hydrogen) atoms. The van der Waals surface area contributed by atoms with Crippen molar-refractivity contribution in [2.75, 3.05) is 5.32 Å². The molecule has 0 saturated heterocycles. The number of nitrogens with one attached hydrogen (secondary N) is 2. The van der Waals surface area contributed by atoms with Crippen LogP contribution in [0.2, 0.25) is 0 Å². The molecule has 5 heteroatoms. The Morgan fingerprint density at radius 2 is 2.00 bits per heavy atom. The van der Waals surface area contributed by atoms with E-state index in [9.17, 15) is 9.18 Å². The topological polar surface area (TPSA) is 44.9 Å². The van der Waals surface area contributed by atoms with Gasteiger partial charge in [-0.1, -0.05) is 15.9 Å². The van der Waals surface area contributed by atoms with Crippen LogP contribution in [-0.2, 0) is 11.2 Å². The molecule has 2 N–H and O–H groups in total. The van der Waals surface area contributed by atoms with Crippen molar-refractivity contribution in [1.29, 1.82) is 0 Å². The lowest BCUT2D eigenvalue weighted by Crippen LogP contribution is -2.15. The van der Waals surface area contributed by atoms with Crippen molar-refractivity contribution in [2.45, 2.75) is 20.3 Å². The zero-order chi connectivity index (χ0) is 16.6. The Hall–Kier alpha value is -2.14. The average molecular weight is 375 g/mol. The highest BCUT2D eigenvalue weighted by atomic mass is 79.9. The van der Waals surface area contributed by atoms with Gasteiger partial charge in [-0.3, -0.25) is 4.79 Å². The average Bonchev–Trinajstić information content (AvgIpc) is 2.78. The smallest absolute Gasteiger partial charge is 0.228 e. The Morgan fingerprint density at radius 3 is 2.74 bits per heavy atom. The number of aromatic amines is 1. The summed E-state index contributed by atoms with van der Waals surface area (Å²) in [4.78, 5) is 15.6. The molecule has 1 amide bonds. The molecule has 0 bridgehead atoms. The fraction of sp³-hybridized carbons (Fsp3) is 0.167. The van der Waals surface area contributed by atoms with Gasteiger partial charge in [-0.25, -0.2) is 4.39 Å². The molecule has 0 radical (unpaired) electrons. The van der Waals surface area contributed by atoms with Gasteiger partial charge in [-0.15, -0.1) is 0 Å². The fourth-order valence-corrected chi connectivity index (χ4v) is 3.18. The molecular formula is C18H16BrFN2O. The monoisotopic (exact) mass is 374 g/mol. The molecule has 0 fully saturated rings. The Labute approximate surface area is 142 Å². The quantitative estimate of drug-likeness (QED) is 0.674. The Morgan fingerprint density at radius 1 is 1.22 bits per heavy atom. The van der Waals surface area contributed by atoms with Crippen LogP contribution in [0.1, 0.15) is 16.8 Å². The van der Waals surface area contributed by atoms with Crippen LogP contribution in [0, 0.1) is 19.7 Å². The first-order valence-electron chi connectivity index (χ1n) is 7.27. The summed E-state index contributed by atoms with van der Waals surface area (Å²) >= 11 is 3.40. The molecule has 1 heterocycles. The second-order valence-electron chi connectivity index (χ2n) is 5.60.